The van der Waals surface area contributed by atoms with E-state index < -0.39 is 0 Å². The van der Waals surface area contributed by atoms with Crippen LogP contribution < -0.4 is 66.3 Å². The lowest BCUT2D eigenvalue weighted by Gasteiger charge is -2.15. The fourth-order valence-corrected chi connectivity index (χ4v) is 8.96. The highest BCUT2D eigenvalue weighted by Crippen LogP contribution is 2.46. The molecule has 0 unspecified atom stereocenters. The maximum absolute atomic E-state index is 13.2. The summed E-state index contributed by atoms with van der Waals surface area (Å²) in [7, 11) is 21.2. The van der Waals surface area contributed by atoms with Gasteiger partial charge in [-0.3, -0.25) is 9.59 Å². The average molecular weight is 1180 g/mol. The van der Waals surface area contributed by atoms with Crippen molar-refractivity contribution < 1.29 is 86.1 Å². The molecule has 0 aliphatic heterocycles. The van der Waals surface area contributed by atoms with Crippen molar-refractivity contribution in [3.8, 4) is 92.0 Å². The lowest BCUT2D eigenvalue weighted by atomic mass is 10.0. The Bertz CT molecular complexity index is 3230. The van der Waals surface area contributed by atoms with Gasteiger partial charge in [-0.15, -0.1) is 0 Å². The third-order valence-corrected chi connectivity index (χ3v) is 13.2. The number of hydrogen-bond donors (Lipinski definition) is 2. The summed E-state index contributed by atoms with van der Waals surface area (Å²) >= 11 is 3.45. The van der Waals surface area contributed by atoms with E-state index in [1.165, 1.54) is 69.0 Å². The lowest BCUT2D eigenvalue weighted by Crippen LogP contribution is -2.03. The first kappa shape index (κ1) is 62.7. The van der Waals surface area contributed by atoms with Crippen molar-refractivity contribution in [3.05, 3.63) is 140 Å². The maximum atomic E-state index is 13.2. The number of carbonyl (C=O) groups excluding carboxylic acids is 2. The topological polar surface area (TPSA) is 204 Å². The predicted molar refractivity (Wildman–Crippen MR) is 314 cm³/mol. The fraction of sp³-hybridized carbons (Fsp3) is 0.258. The van der Waals surface area contributed by atoms with E-state index in [4.69, 9.17) is 66.3 Å². The number of halogens is 1. The molecule has 0 saturated carbocycles. The molecule has 0 bridgehead atoms. The largest absolute Gasteiger partial charge is 0.504 e. The fourth-order valence-electron chi connectivity index (χ4n) is 8.31. The van der Waals surface area contributed by atoms with Gasteiger partial charge in [-0.05, 0) is 141 Å². The summed E-state index contributed by atoms with van der Waals surface area (Å²) in [6, 6.07) is 18.7. The molecule has 6 aromatic rings. The minimum absolute atomic E-state index is 0.00623. The van der Waals surface area contributed by atoms with Crippen LogP contribution in [0, 0.1) is 0 Å². The van der Waals surface area contributed by atoms with Gasteiger partial charge in [0.2, 0.25) is 23.0 Å². The van der Waals surface area contributed by atoms with Gasteiger partial charge in [-0.25, -0.2) is 0 Å². The minimum Gasteiger partial charge on any atom is -0.504 e. The molecule has 0 aromatic heterocycles. The van der Waals surface area contributed by atoms with Crippen LogP contribution in [0.15, 0.2) is 95.5 Å². The quantitative estimate of drug-likeness (QED) is 0.0294. The Morgan fingerprint density at radius 2 is 0.691 bits per heavy atom. The highest BCUT2D eigenvalue weighted by Gasteiger charge is 2.23. The number of carbonyl (C=O) groups is 2. The highest BCUT2D eigenvalue weighted by atomic mass is 79.9. The Kier molecular flexibility index (Phi) is 23.5. The Labute approximate surface area is 480 Å². The van der Waals surface area contributed by atoms with Crippen molar-refractivity contribution in [1.29, 1.82) is 0 Å². The molecule has 19 heteroatoms. The Balaban J connectivity index is 0.000000297. The van der Waals surface area contributed by atoms with Crippen molar-refractivity contribution in [2.45, 2.75) is 12.8 Å². The van der Waals surface area contributed by atoms with E-state index in [2.05, 4.69) is 15.9 Å². The summed E-state index contributed by atoms with van der Waals surface area (Å²) in [6.07, 6.45) is 14.6. The van der Waals surface area contributed by atoms with Crippen LogP contribution in [-0.4, -0.2) is 121 Å². The third kappa shape index (κ3) is 15.2. The van der Waals surface area contributed by atoms with E-state index in [9.17, 15) is 19.8 Å². The molecule has 0 amide bonds. The minimum atomic E-state index is -0.267. The molecule has 6 aromatic carbocycles. The first-order valence-electron chi connectivity index (χ1n) is 24.6. The summed E-state index contributed by atoms with van der Waals surface area (Å²) in [4.78, 5) is 26.1. The lowest BCUT2D eigenvalue weighted by molar-refractivity contribution is 0.103. The van der Waals surface area contributed by atoms with Crippen molar-refractivity contribution in [2.75, 3.05) is 99.5 Å². The smallest absolute Gasteiger partial charge is 0.204 e. The molecular formula is C62H67BrO18. The third-order valence-electron chi connectivity index (χ3n) is 12.4. The molecule has 0 heterocycles. The van der Waals surface area contributed by atoms with Crippen molar-refractivity contribution in [3.63, 3.8) is 0 Å². The van der Waals surface area contributed by atoms with Gasteiger partial charge < -0.3 is 76.5 Å². The van der Waals surface area contributed by atoms with E-state index in [0.29, 0.717) is 109 Å². The van der Waals surface area contributed by atoms with Gasteiger partial charge in [0.05, 0.1) is 104 Å². The molecule has 0 aliphatic carbocycles. The second-order valence-electron chi connectivity index (χ2n) is 16.9. The van der Waals surface area contributed by atoms with Crippen LogP contribution in [0.25, 0.3) is 24.3 Å². The Morgan fingerprint density at radius 3 is 1.02 bits per heavy atom. The number of rotatable bonds is 26. The number of phenolic OH excluding ortho intramolecular Hbond substituents is 2. The molecule has 0 fully saturated rings. The number of methoxy groups -OCH3 is 14. The zero-order valence-electron chi connectivity index (χ0n) is 47.7. The molecule has 0 spiro atoms. The number of phenols is 2. The number of ether oxygens (including phenoxy) is 14. The number of benzene rings is 6. The first-order chi connectivity index (χ1) is 39.1. The molecule has 0 radical (unpaired) electrons. The zero-order chi connectivity index (χ0) is 59.3. The number of hydrogen-bond acceptors (Lipinski definition) is 18. The highest BCUT2D eigenvalue weighted by molar-refractivity contribution is 9.10. The molecule has 81 heavy (non-hydrogen) atoms. The van der Waals surface area contributed by atoms with Gasteiger partial charge in [0, 0.05) is 11.1 Å². The number of allylic oxidation sites excluding steroid dienone is 4. The summed E-state index contributed by atoms with van der Waals surface area (Å²) < 4.78 is 75.9. The van der Waals surface area contributed by atoms with Crippen LogP contribution in [-0.2, 0) is 12.8 Å². The number of ketones is 2. The zero-order valence-corrected chi connectivity index (χ0v) is 49.3. The summed E-state index contributed by atoms with van der Waals surface area (Å²) in [5, 5.41) is 20.9. The molecule has 18 nitrogen and oxygen atoms in total. The van der Waals surface area contributed by atoms with Crippen LogP contribution in [0.3, 0.4) is 0 Å². The monoisotopic (exact) mass is 1180 g/mol. The predicted octanol–water partition coefficient (Wildman–Crippen LogP) is 12.0. The molecular weight excluding hydrogens is 1110 g/mol. The second-order valence-corrected chi connectivity index (χ2v) is 17.7. The molecule has 0 atom stereocenters. The van der Waals surface area contributed by atoms with Crippen LogP contribution in [0.1, 0.15) is 54.1 Å². The van der Waals surface area contributed by atoms with E-state index >= 15 is 0 Å². The summed E-state index contributed by atoms with van der Waals surface area (Å²) in [5.74, 6) is 5.46. The van der Waals surface area contributed by atoms with E-state index in [1.807, 2.05) is 48.6 Å². The van der Waals surface area contributed by atoms with Gasteiger partial charge in [-0.1, -0.05) is 36.5 Å². The average Bonchev–Trinajstić information content (AvgIpc) is 3.63. The van der Waals surface area contributed by atoms with E-state index in [0.717, 1.165) is 33.4 Å². The van der Waals surface area contributed by atoms with Crippen LogP contribution in [0.4, 0.5) is 0 Å². The van der Waals surface area contributed by atoms with Crippen LogP contribution >= 0.6 is 15.9 Å². The Hall–Kier alpha value is -9.10. The van der Waals surface area contributed by atoms with Gasteiger partial charge in [0.15, 0.2) is 80.6 Å². The van der Waals surface area contributed by atoms with E-state index in [-0.39, 0.29) is 23.1 Å². The van der Waals surface area contributed by atoms with Crippen LogP contribution in [0.5, 0.6) is 92.0 Å². The van der Waals surface area contributed by atoms with Gasteiger partial charge >= 0.3 is 0 Å². The van der Waals surface area contributed by atoms with Gasteiger partial charge in [-0.2, -0.15) is 0 Å². The molecule has 2 N–H and O–H groups in total. The van der Waals surface area contributed by atoms with Crippen molar-refractivity contribution >= 4 is 51.8 Å². The first-order valence-corrected chi connectivity index (χ1v) is 25.4. The Morgan fingerprint density at radius 1 is 0.370 bits per heavy atom. The van der Waals surface area contributed by atoms with Gasteiger partial charge in [0.1, 0.15) is 0 Å². The molecule has 0 saturated heterocycles. The number of aromatic hydroxyl groups is 2. The molecule has 6 rings (SSSR count). The second kappa shape index (κ2) is 30.3. The van der Waals surface area contributed by atoms with Crippen molar-refractivity contribution in [1.82, 2.24) is 0 Å². The SMILES string of the molecule is COc1cc(C/C=C\C(=O)c2cc(OC)c(OC)c(OC)c2)c(/C=C\c2cc(OC)c(OC)c(OC)c2)cc1O.COc1cc(C/C=C\C(=O)c2cc(OC)c(OC)c(OC)c2Br)c(/C=C\c2cc(OC)c(OC)c(OC)c2)cc1O. The van der Waals surface area contributed by atoms with Gasteiger partial charge in [0.25, 0.3) is 0 Å². The maximum Gasteiger partial charge on any atom is 0.204 e. The molecule has 0 aliphatic rings. The van der Waals surface area contributed by atoms with Crippen molar-refractivity contribution in [2.24, 2.45) is 0 Å². The van der Waals surface area contributed by atoms with E-state index in [1.54, 1.807) is 97.3 Å². The van der Waals surface area contributed by atoms with Crippen LogP contribution in [0.2, 0.25) is 0 Å². The molecule has 430 valence electrons. The summed E-state index contributed by atoms with van der Waals surface area (Å²) in [6.45, 7) is 0. The normalized spacial score (nSPS) is 11.0. The summed E-state index contributed by atoms with van der Waals surface area (Å²) in [5.41, 5.74) is 5.42. The standard InChI is InChI=1S/C31H33BrO9.C31H34O9/c1-35-24-16-19(9-8-10-22(33)21-17-27(38-4)30(40-6)31(41-7)28(21)32)20(15-23(24)34)12-11-18-13-25(36-2)29(39-5)26(14-18)37-3;1-34-25-16-20(9-8-10-23(32)22-17-28(37-4)31(40-7)29(18-22)38-5)21(15-24(25)33)12-11-19-13-26(35-2)30(39-6)27(14-19)36-3/h8,10-17,34H,9H2,1-7H3;8,10-18,33H,9H2,1-7H3/b2*10-8-,12-11-.